The molecule has 2 amide bonds. The molecule has 16 heavy (non-hydrogen) atoms. The molecule has 2 heterocycles. The van der Waals surface area contributed by atoms with E-state index in [-0.39, 0.29) is 29.3 Å². The highest BCUT2D eigenvalue weighted by Gasteiger charge is 2.44. The Balaban J connectivity index is 1.95. The monoisotopic (exact) mass is 244 g/mol. The summed E-state index contributed by atoms with van der Waals surface area (Å²) in [5, 5.41) is 15.0. The largest absolute Gasteiger partial charge is 0.481 e. The summed E-state index contributed by atoms with van der Waals surface area (Å²) in [5.41, 5.74) is 0. The van der Waals surface area contributed by atoms with Crippen LogP contribution in [0.25, 0.3) is 0 Å². The van der Waals surface area contributed by atoms with Gasteiger partial charge in [0.2, 0.25) is 0 Å². The number of thioether (sulfide) groups is 1. The van der Waals surface area contributed by atoms with Crippen LogP contribution in [0.1, 0.15) is 19.8 Å². The van der Waals surface area contributed by atoms with Crippen molar-refractivity contribution in [2.75, 3.05) is 5.75 Å². The number of urea groups is 1. The molecule has 0 radical (unpaired) electrons. The van der Waals surface area contributed by atoms with Crippen molar-refractivity contribution >= 4 is 23.8 Å². The Labute approximate surface area is 98.4 Å². The summed E-state index contributed by atoms with van der Waals surface area (Å²) in [7, 11) is 0. The first-order chi connectivity index (χ1) is 7.61. The number of fused-ring (bicyclic) bond motifs is 1. The first-order valence-electron chi connectivity index (χ1n) is 5.53. The Bertz CT molecular complexity index is 310. The second-order valence-corrected chi connectivity index (χ2v) is 5.57. The summed E-state index contributed by atoms with van der Waals surface area (Å²) in [4.78, 5) is 22.1. The Hall–Kier alpha value is -0.910. The van der Waals surface area contributed by atoms with Gasteiger partial charge < -0.3 is 15.7 Å². The molecule has 0 aromatic heterocycles. The number of carboxylic acid groups (broad SMARTS) is 1. The molecule has 0 aromatic carbocycles. The molecule has 2 rings (SSSR count). The summed E-state index contributed by atoms with van der Waals surface area (Å²) in [6.45, 7) is 1.89. The molecule has 2 aliphatic heterocycles. The lowest BCUT2D eigenvalue weighted by atomic mass is 9.95. The van der Waals surface area contributed by atoms with E-state index in [4.69, 9.17) is 5.11 Å². The van der Waals surface area contributed by atoms with Crippen molar-refractivity contribution in [2.45, 2.75) is 37.1 Å². The second kappa shape index (κ2) is 4.53. The van der Waals surface area contributed by atoms with E-state index in [9.17, 15) is 9.59 Å². The maximum Gasteiger partial charge on any atom is 0.315 e. The number of hydrogen-bond donors (Lipinski definition) is 3. The SMILES string of the molecule is CCC(CC1SCC2NC(=O)NC21)C(=O)O. The Morgan fingerprint density at radius 2 is 2.38 bits per heavy atom. The van der Waals surface area contributed by atoms with Gasteiger partial charge in [0.25, 0.3) is 0 Å². The number of rotatable bonds is 4. The van der Waals surface area contributed by atoms with E-state index < -0.39 is 5.97 Å². The quantitative estimate of drug-likeness (QED) is 0.635. The van der Waals surface area contributed by atoms with Crippen LogP contribution in [-0.4, -0.2) is 40.2 Å². The predicted molar refractivity (Wildman–Crippen MR) is 61.5 cm³/mol. The molecule has 5 nitrogen and oxygen atoms in total. The van der Waals surface area contributed by atoms with Crippen LogP contribution in [0.15, 0.2) is 0 Å². The number of carbonyl (C=O) groups excluding carboxylic acids is 1. The number of nitrogens with one attached hydrogen (secondary N) is 2. The van der Waals surface area contributed by atoms with E-state index in [1.54, 1.807) is 11.8 Å². The van der Waals surface area contributed by atoms with Gasteiger partial charge in [-0.25, -0.2) is 4.79 Å². The molecule has 0 aromatic rings. The molecule has 2 aliphatic rings. The summed E-state index contributed by atoms with van der Waals surface area (Å²) in [6, 6.07) is 0.156. The molecular weight excluding hydrogens is 228 g/mol. The molecule has 0 spiro atoms. The first-order valence-corrected chi connectivity index (χ1v) is 6.58. The number of amides is 2. The van der Waals surface area contributed by atoms with Gasteiger partial charge in [0.15, 0.2) is 0 Å². The van der Waals surface area contributed by atoms with Gasteiger partial charge in [0, 0.05) is 11.0 Å². The standard InChI is InChI=1S/C10H16N2O3S/c1-2-5(9(13)14)3-7-8-6(4-16-7)11-10(15)12-8/h5-8H,2-4H2,1H3,(H,13,14)(H2,11,12,15). The van der Waals surface area contributed by atoms with Crippen LogP contribution >= 0.6 is 11.8 Å². The van der Waals surface area contributed by atoms with Crippen molar-refractivity contribution in [3.8, 4) is 0 Å². The highest BCUT2D eigenvalue weighted by molar-refractivity contribution is 8.00. The molecule has 4 atom stereocenters. The van der Waals surface area contributed by atoms with Crippen LogP contribution in [-0.2, 0) is 4.79 Å². The third kappa shape index (κ3) is 2.11. The van der Waals surface area contributed by atoms with E-state index in [0.717, 1.165) is 5.75 Å². The fraction of sp³-hybridized carbons (Fsp3) is 0.800. The fourth-order valence-corrected chi connectivity index (χ4v) is 3.90. The average molecular weight is 244 g/mol. The molecule has 2 fully saturated rings. The average Bonchev–Trinajstić information content (AvgIpc) is 2.73. The fourth-order valence-electron chi connectivity index (χ4n) is 2.32. The number of hydrogen-bond acceptors (Lipinski definition) is 3. The minimum absolute atomic E-state index is 0.103. The molecule has 0 bridgehead atoms. The maximum atomic E-state index is 11.1. The first kappa shape index (κ1) is 11.6. The number of carbonyl (C=O) groups is 2. The topological polar surface area (TPSA) is 78.4 Å². The predicted octanol–water partition coefficient (Wildman–Crippen LogP) is 0.653. The van der Waals surface area contributed by atoms with Gasteiger partial charge in [0.1, 0.15) is 0 Å². The highest BCUT2D eigenvalue weighted by atomic mass is 32.2. The van der Waals surface area contributed by atoms with E-state index in [1.807, 2.05) is 6.92 Å². The van der Waals surface area contributed by atoms with E-state index in [1.165, 1.54) is 0 Å². The zero-order valence-electron chi connectivity index (χ0n) is 9.10. The van der Waals surface area contributed by atoms with Crippen LogP contribution in [0.5, 0.6) is 0 Å². The summed E-state index contributed by atoms with van der Waals surface area (Å²) in [6.07, 6.45) is 1.28. The van der Waals surface area contributed by atoms with Crippen LogP contribution in [0.4, 0.5) is 4.79 Å². The molecule has 6 heteroatoms. The minimum atomic E-state index is -0.733. The zero-order valence-corrected chi connectivity index (χ0v) is 9.92. The van der Waals surface area contributed by atoms with Crippen molar-refractivity contribution in [3.05, 3.63) is 0 Å². The molecule has 0 aliphatic carbocycles. The maximum absolute atomic E-state index is 11.1. The van der Waals surface area contributed by atoms with E-state index in [2.05, 4.69) is 10.6 Å². The Morgan fingerprint density at radius 3 is 3.00 bits per heavy atom. The van der Waals surface area contributed by atoms with Crippen molar-refractivity contribution in [1.82, 2.24) is 10.6 Å². The van der Waals surface area contributed by atoms with Gasteiger partial charge in [-0.1, -0.05) is 6.92 Å². The third-order valence-corrected chi connectivity index (χ3v) is 4.76. The Kier molecular flexibility index (Phi) is 3.28. The van der Waals surface area contributed by atoms with Crippen LogP contribution in [0, 0.1) is 5.92 Å². The summed E-state index contributed by atoms with van der Waals surface area (Å²) in [5.74, 6) is -0.151. The lowest BCUT2D eigenvalue weighted by Gasteiger charge is -2.19. The van der Waals surface area contributed by atoms with Crippen LogP contribution in [0.2, 0.25) is 0 Å². The minimum Gasteiger partial charge on any atom is -0.481 e. The normalized spacial score (nSPS) is 34.1. The van der Waals surface area contributed by atoms with E-state index >= 15 is 0 Å². The molecule has 90 valence electrons. The molecule has 0 saturated carbocycles. The van der Waals surface area contributed by atoms with Gasteiger partial charge in [-0.15, -0.1) is 0 Å². The van der Waals surface area contributed by atoms with Gasteiger partial charge in [-0.3, -0.25) is 4.79 Å². The van der Waals surface area contributed by atoms with Crippen molar-refractivity contribution in [2.24, 2.45) is 5.92 Å². The lowest BCUT2D eigenvalue weighted by Crippen LogP contribution is -2.38. The Morgan fingerprint density at radius 1 is 1.62 bits per heavy atom. The van der Waals surface area contributed by atoms with Crippen LogP contribution < -0.4 is 10.6 Å². The van der Waals surface area contributed by atoms with Gasteiger partial charge in [-0.05, 0) is 12.8 Å². The molecule has 2 saturated heterocycles. The zero-order chi connectivity index (χ0) is 11.7. The summed E-state index contributed by atoms with van der Waals surface area (Å²) < 4.78 is 0. The van der Waals surface area contributed by atoms with Crippen molar-refractivity contribution < 1.29 is 14.7 Å². The van der Waals surface area contributed by atoms with E-state index in [0.29, 0.717) is 12.8 Å². The van der Waals surface area contributed by atoms with Gasteiger partial charge in [-0.2, -0.15) is 11.8 Å². The van der Waals surface area contributed by atoms with Crippen LogP contribution in [0.3, 0.4) is 0 Å². The molecular formula is C10H16N2O3S. The van der Waals surface area contributed by atoms with Gasteiger partial charge >= 0.3 is 12.0 Å². The number of aliphatic carboxylic acids is 1. The van der Waals surface area contributed by atoms with Gasteiger partial charge in [0.05, 0.1) is 18.0 Å². The lowest BCUT2D eigenvalue weighted by molar-refractivity contribution is -0.142. The van der Waals surface area contributed by atoms with Crippen molar-refractivity contribution in [3.63, 3.8) is 0 Å². The second-order valence-electron chi connectivity index (χ2n) is 4.30. The molecule has 4 unspecified atom stereocenters. The molecule has 3 N–H and O–H groups in total. The summed E-state index contributed by atoms with van der Waals surface area (Å²) >= 11 is 1.76. The smallest absolute Gasteiger partial charge is 0.315 e. The highest BCUT2D eigenvalue weighted by Crippen LogP contribution is 2.34. The van der Waals surface area contributed by atoms with Crippen molar-refractivity contribution in [1.29, 1.82) is 0 Å². The number of carboxylic acids is 1. The third-order valence-electron chi connectivity index (χ3n) is 3.30.